The lowest BCUT2D eigenvalue weighted by Gasteiger charge is -2.22. The molecule has 0 spiro atoms. The van der Waals surface area contributed by atoms with Gasteiger partial charge in [-0.15, -0.1) is 32.8 Å². The van der Waals surface area contributed by atoms with Gasteiger partial charge in [0.2, 0.25) is 0 Å². The Hall–Kier alpha value is -6.20. The summed E-state index contributed by atoms with van der Waals surface area (Å²) >= 11 is 0. The summed E-state index contributed by atoms with van der Waals surface area (Å²) in [4.78, 5) is 16.0. The largest absolute Gasteiger partial charge is 0.455 e. The third-order valence-electron chi connectivity index (χ3n) is 13.8. The van der Waals surface area contributed by atoms with Crippen molar-refractivity contribution in [3.8, 4) is 51.0 Å². The molecule has 0 amide bonds. The van der Waals surface area contributed by atoms with Crippen LogP contribution in [0.1, 0.15) is 0 Å². The summed E-state index contributed by atoms with van der Waals surface area (Å²) in [7, 11) is 22.0. The number of furan rings is 1. The molecule has 5 nitrogen and oxygen atoms in total. The molecule has 274 valence electrons. The van der Waals surface area contributed by atoms with Crippen molar-refractivity contribution in [2.75, 3.05) is 0 Å². The van der Waals surface area contributed by atoms with Crippen molar-refractivity contribution in [1.29, 1.82) is 0 Å². The summed E-state index contributed by atoms with van der Waals surface area (Å²) in [5.74, 6) is 1.97. The van der Waals surface area contributed by atoms with E-state index in [0.717, 1.165) is 55.4 Å². The second-order valence-corrected chi connectivity index (χ2v) is 16.7. The predicted octanol–water partition coefficient (Wildman–Crippen LogP) is -5.88. The Kier molecular flexibility index (Phi) is 9.02. The van der Waals surface area contributed by atoms with Gasteiger partial charge in [-0.25, -0.2) is 15.0 Å². The Labute approximate surface area is 359 Å². The van der Waals surface area contributed by atoms with Crippen molar-refractivity contribution in [2.45, 2.75) is 0 Å². The van der Waals surface area contributed by atoms with Crippen LogP contribution in [0.3, 0.4) is 0 Å². The van der Waals surface area contributed by atoms with Gasteiger partial charge in [0.05, 0.1) is 16.6 Å². The van der Waals surface area contributed by atoms with Gasteiger partial charge in [0.15, 0.2) is 17.5 Å². The topological polar surface area (TPSA) is 56.7 Å². The van der Waals surface area contributed by atoms with Crippen LogP contribution in [0.15, 0.2) is 114 Å². The first kappa shape index (κ1) is 38.0. The number of benzene rings is 7. The van der Waals surface area contributed by atoms with Crippen molar-refractivity contribution in [3.63, 3.8) is 0 Å². The van der Waals surface area contributed by atoms with Crippen molar-refractivity contribution in [1.82, 2.24) is 19.5 Å². The average Bonchev–Trinajstić information content (AvgIpc) is 3.82. The SMILES string of the molecule is Bc1c(B)c(B)c(-c2nc(-c3c(B)c(B)c(B)c(B)c3B)nc(-c3cccc4c3oc3cc(-c5ccc6c(c5)c5ccccc5n6-c5ccccc5)ccc34)n2)c(B)c1B. The first-order chi connectivity index (χ1) is 28.9. The third-order valence-corrected chi connectivity index (χ3v) is 13.8. The Balaban J connectivity index is 1.17. The number of hydrogen-bond acceptors (Lipinski definition) is 4. The van der Waals surface area contributed by atoms with Crippen LogP contribution in [0.4, 0.5) is 0 Å². The van der Waals surface area contributed by atoms with Crippen molar-refractivity contribution >= 4 is 177 Å². The van der Waals surface area contributed by atoms with E-state index in [2.05, 4.69) is 192 Å². The number of hydrogen-bond donors (Lipinski definition) is 0. The van der Waals surface area contributed by atoms with Crippen molar-refractivity contribution in [2.24, 2.45) is 0 Å². The Morgan fingerprint density at radius 3 is 1.52 bits per heavy atom. The van der Waals surface area contributed by atoms with Gasteiger partial charge in [-0.1, -0.05) is 82.5 Å². The molecular formula is C45H38B10N4O. The van der Waals surface area contributed by atoms with Gasteiger partial charge in [0, 0.05) is 38.4 Å². The standard InChI is InChI=1S/C45H38B10N4O/c46-32-30(33(47)37(51)40(54)36(32)50)44-56-43(57-45(58-44)31-34(48)38(52)41(55)39(53)35(31)49)25-11-6-10-24-23-15-13-20(18-29(23)60-42(24)25)19-14-16-28-26(17-19)22-9-4-5-12-27(22)59(28)21-7-2-1-3-8-21/h1-18H,46-55H2. The van der Waals surface area contributed by atoms with Crippen LogP contribution in [0.25, 0.3) is 94.7 Å². The summed E-state index contributed by atoms with van der Waals surface area (Å²) in [5.41, 5.74) is 22.8. The molecule has 60 heavy (non-hydrogen) atoms. The minimum Gasteiger partial charge on any atom is -0.455 e. The van der Waals surface area contributed by atoms with Crippen molar-refractivity contribution in [3.05, 3.63) is 109 Å². The molecule has 0 bridgehead atoms. The number of aromatic nitrogens is 4. The predicted molar refractivity (Wildman–Crippen MR) is 285 cm³/mol. The molecule has 0 N–H and O–H groups in total. The fourth-order valence-electron chi connectivity index (χ4n) is 9.55. The molecule has 0 fully saturated rings. The second-order valence-electron chi connectivity index (χ2n) is 16.7. The number of nitrogens with zero attached hydrogens (tertiary/aromatic N) is 4. The zero-order valence-corrected chi connectivity index (χ0v) is 36.1. The fourth-order valence-corrected chi connectivity index (χ4v) is 9.55. The summed E-state index contributed by atoms with van der Waals surface area (Å²) < 4.78 is 9.26. The zero-order chi connectivity index (χ0) is 41.7. The van der Waals surface area contributed by atoms with E-state index in [1.54, 1.807) is 0 Å². The van der Waals surface area contributed by atoms with E-state index in [0.29, 0.717) is 17.5 Å². The van der Waals surface area contributed by atoms with Crippen LogP contribution >= 0.6 is 0 Å². The van der Waals surface area contributed by atoms with E-state index in [9.17, 15) is 0 Å². The Morgan fingerprint density at radius 1 is 0.383 bits per heavy atom. The highest BCUT2D eigenvalue weighted by molar-refractivity contribution is 6.70. The van der Waals surface area contributed by atoms with E-state index >= 15 is 0 Å². The highest BCUT2D eigenvalue weighted by atomic mass is 16.3. The van der Waals surface area contributed by atoms with Gasteiger partial charge >= 0.3 is 0 Å². The molecule has 10 rings (SSSR count). The highest BCUT2D eigenvalue weighted by Crippen LogP contribution is 2.39. The van der Waals surface area contributed by atoms with Gasteiger partial charge in [0.25, 0.3) is 0 Å². The number of para-hydroxylation sites is 3. The molecule has 0 atom stereocenters. The van der Waals surface area contributed by atoms with Gasteiger partial charge < -0.3 is 8.98 Å². The molecule has 0 saturated heterocycles. The van der Waals surface area contributed by atoms with E-state index in [1.807, 2.05) is 0 Å². The lowest BCUT2D eigenvalue weighted by molar-refractivity contribution is 0.669. The third kappa shape index (κ3) is 5.73. The Morgan fingerprint density at radius 2 is 0.883 bits per heavy atom. The zero-order valence-electron chi connectivity index (χ0n) is 36.1. The van der Waals surface area contributed by atoms with Crippen LogP contribution in [0.2, 0.25) is 0 Å². The minimum atomic E-state index is 0.601. The van der Waals surface area contributed by atoms with Gasteiger partial charge in [0.1, 0.15) is 89.6 Å². The first-order valence-electron chi connectivity index (χ1n) is 20.9. The fraction of sp³-hybridized carbons (Fsp3) is 0. The van der Waals surface area contributed by atoms with Crippen LogP contribution in [-0.2, 0) is 0 Å². The van der Waals surface area contributed by atoms with E-state index in [4.69, 9.17) is 19.4 Å². The molecule has 7 aromatic carbocycles. The average molecular weight is 759 g/mol. The maximum atomic E-state index is 6.91. The summed E-state index contributed by atoms with van der Waals surface area (Å²) in [6.07, 6.45) is 0. The van der Waals surface area contributed by atoms with Crippen LogP contribution < -0.4 is 54.6 Å². The van der Waals surface area contributed by atoms with Gasteiger partial charge in [-0.2, -0.15) is 0 Å². The molecule has 0 aliphatic rings. The first-order valence-corrected chi connectivity index (χ1v) is 20.9. The second kappa shape index (κ2) is 14.2. The Bertz CT molecular complexity index is 3310. The number of rotatable bonds is 5. The normalized spacial score (nSPS) is 11.7. The van der Waals surface area contributed by atoms with E-state index < -0.39 is 0 Å². The molecule has 0 aliphatic carbocycles. The molecule has 15 heteroatoms. The van der Waals surface area contributed by atoms with Gasteiger partial charge in [-0.05, 0) is 59.7 Å². The summed E-state index contributed by atoms with van der Waals surface area (Å²) in [6.45, 7) is 0. The lowest BCUT2D eigenvalue weighted by Crippen LogP contribution is -2.55. The molecule has 0 saturated carbocycles. The summed E-state index contributed by atoms with van der Waals surface area (Å²) in [5, 5.41) is 4.53. The molecular weight excluding hydrogens is 721 g/mol. The molecule has 0 unspecified atom stereocenters. The van der Waals surface area contributed by atoms with Crippen LogP contribution in [0, 0.1) is 0 Å². The number of fused-ring (bicyclic) bond motifs is 6. The maximum Gasteiger partial charge on any atom is 0.167 e. The van der Waals surface area contributed by atoms with E-state index in [1.165, 1.54) is 76.4 Å². The summed E-state index contributed by atoms with van der Waals surface area (Å²) in [6, 6.07) is 38.9. The molecule has 3 aromatic heterocycles. The maximum absolute atomic E-state index is 6.91. The highest BCUT2D eigenvalue weighted by Gasteiger charge is 2.23. The van der Waals surface area contributed by atoms with Crippen molar-refractivity contribution < 1.29 is 4.42 Å². The van der Waals surface area contributed by atoms with Crippen LogP contribution in [0.5, 0.6) is 0 Å². The van der Waals surface area contributed by atoms with Crippen LogP contribution in [-0.4, -0.2) is 98.0 Å². The monoisotopic (exact) mass is 760 g/mol. The minimum absolute atomic E-state index is 0.601. The smallest absolute Gasteiger partial charge is 0.167 e. The molecule has 0 radical (unpaired) electrons. The lowest BCUT2D eigenvalue weighted by atomic mass is 9.60. The molecule has 10 aromatic rings. The van der Waals surface area contributed by atoms with Gasteiger partial charge in [-0.3, -0.25) is 0 Å². The quantitative estimate of drug-likeness (QED) is 0.165. The van der Waals surface area contributed by atoms with E-state index in [-0.39, 0.29) is 0 Å². The molecule has 0 aliphatic heterocycles. The molecule has 3 heterocycles.